The first kappa shape index (κ1) is 13.1. The van der Waals surface area contributed by atoms with E-state index >= 15 is 0 Å². The number of hydrogen-bond acceptors (Lipinski definition) is 4. The molecule has 0 saturated carbocycles. The van der Waals surface area contributed by atoms with Crippen LogP contribution < -0.4 is 0 Å². The summed E-state index contributed by atoms with van der Waals surface area (Å²) in [5.74, 6) is 0. The smallest absolute Gasteiger partial charge is 0.0834 e. The summed E-state index contributed by atoms with van der Waals surface area (Å²) in [5.41, 5.74) is 1.11. The molecule has 0 unspecified atom stereocenters. The lowest BCUT2D eigenvalue weighted by atomic mass is 10.2. The van der Waals surface area contributed by atoms with Crippen LogP contribution in [0.4, 0.5) is 0 Å². The average molecular weight is 264 g/mol. The van der Waals surface area contributed by atoms with Crippen molar-refractivity contribution in [1.82, 2.24) is 19.6 Å². The molecular weight excluding hydrogens is 240 g/mol. The number of likely N-dealkylation sites (tertiary alicyclic amines) is 2. The summed E-state index contributed by atoms with van der Waals surface area (Å²) < 4.78 is 1.96. The molecule has 1 aromatic heterocycles. The van der Waals surface area contributed by atoms with Crippen LogP contribution in [0.1, 0.15) is 25.5 Å². The molecule has 0 amide bonds. The molecule has 2 saturated heterocycles. The Kier molecular flexibility index (Phi) is 3.86. The van der Waals surface area contributed by atoms with E-state index in [9.17, 15) is 5.11 Å². The molecule has 1 aromatic rings. The fourth-order valence-corrected chi connectivity index (χ4v) is 3.30. The van der Waals surface area contributed by atoms with Crippen LogP contribution in [0.25, 0.3) is 0 Å². The maximum Gasteiger partial charge on any atom is 0.0834 e. The van der Waals surface area contributed by atoms with E-state index < -0.39 is 0 Å². The number of nitrogens with zero attached hydrogens (tertiary/aromatic N) is 4. The van der Waals surface area contributed by atoms with Crippen LogP contribution in [0, 0.1) is 0 Å². The monoisotopic (exact) mass is 264 g/mol. The van der Waals surface area contributed by atoms with Crippen molar-refractivity contribution in [3.05, 3.63) is 18.0 Å². The molecule has 0 aromatic carbocycles. The van der Waals surface area contributed by atoms with E-state index in [1.54, 1.807) is 0 Å². The van der Waals surface area contributed by atoms with Crippen LogP contribution in [0.3, 0.4) is 0 Å². The molecule has 0 bridgehead atoms. The van der Waals surface area contributed by atoms with Crippen LogP contribution in [0.15, 0.2) is 12.3 Å². The summed E-state index contributed by atoms with van der Waals surface area (Å²) in [6.07, 6.45) is 4.39. The van der Waals surface area contributed by atoms with Crippen LogP contribution in [0.2, 0.25) is 0 Å². The number of β-amino-alcohol motifs (C(OH)–C–C–N with tert-alkyl or cyclic N) is 1. The number of aromatic nitrogens is 2. The standard InChI is InChI=1S/C14H24N4O/c1-2-18-8-5-12(15-18)9-16-10-13(14(19)11-16)17-6-3-4-7-17/h5,8,13-14,19H,2-4,6-7,9-11H2,1H3/t13-,14-/m0/s1. The molecule has 0 radical (unpaired) electrons. The van der Waals surface area contributed by atoms with Crippen molar-refractivity contribution in [2.24, 2.45) is 0 Å². The lowest BCUT2D eigenvalue weighted by Gasteiger charge is -2.25. The van der Waals surface area contributed by atoms with Gasteiger partial charge >= 0.3 is 0 Å². The second kappa shape index (κ2) is 5.61. The van der Waals surface area contributed by atoms with Gasteiger partial charge in [0.15, 0.2) is 0 Å². The second-order valence-electron chi connectivity index (χ2n) is 5.73. The molecule has 5 nitrogen and oxygen atoms in total. The maximum absolute atomic E-state index is 10.2. The minimum Gasteiger partial charge on any atom is -0.390 e. The Balaban J connectivity index is 1.58. The van der Waals surface area contributed by atoms with Gasteiger partial charge in [0.2, 0.25) is 0 Å². The van der Waals surface area contributed by atoms with Crippen molar-refractivity contribution in [2.45, 2.75) is 45.0 Å². The van der Waals surface area contributed by atoms with Crippen molar-refractivity contribution >= 4 is 0 Å². The summed E-state index contributed by atoms with van der Waals surface area (Å²) in [5, 5.41) is 14.8. The summed E-state index contributed by atoms with van der Waals surface area (Å²) in [6, 6.07) is 2.41. The largest absolute Gasteiger partial charge is 0.390 e. The van der Waals surface area contributed by atoms with Crippen molar-refractivity contribution in [3.63, 3.8) is 0 Å². The predicted octanol–water partition coefficient (Wildman–Crippen LogP) is 0.544. The average Bonchev–Trinajstić information content (AvgIpc) is 3.10. The lowest BCUT2D eigenvalue weighted by molar-refractivity contribution is 0.0978. The van der Waals surface area contributed by atoms with Crippen LogP contribution >= 0.6 is 0 Å². The quantitative estimate of drug-likeness (QED) is 0.862. The number of aliphatic hydroxyl groups is 1. The highest BCUT2D eigenvalue weighted by atomic mass is 16.3. The zero-order valence-electron chi connectivity index (χ0n) is 11.7. The molecule has 5 heteroatoms. The summed E-state index contributed by atoms with van der Waals surface area (Å²) in [6.45, 7) is 7.92. The van der Waals surface area contributed by atoms with Gasteiger partial charge in [-0.3, -0.25) is 14.5 Å². The Bertz CT molecular complexity index is 413. The van der Waals surface area contributed by atoms with Crippen LogP contribution in [-0.2, 0) is 13.1 Å². The van der Waals surface area contributed by atoms with Gasteiger partial charge in [-0.05, 0) is 38.9 Å². The third kappa shape index (κ3) is 2.83. The molecule has 3 heterocycles. The van der Waals surface area contributed by atoms with Gasteiger partial charge in [-0.15, -0.1) is 0 Å². The molecule has 0 aliphatic carbocycles. The van der Waals surface area contributed by atoms with E-state index in [1.807, 2.05) is 10.9 Å². The Labute approximate surface area is 114 Å². The first-order valence-corrected chi connectivity index (χ1v) is 7.43. The minimum absolute atomic E-state index is 0.202. The maximum atomic E-state index is 10.2. The number of rotatable bonds is 4. The highest BCUT2D eigenvalue weighted by Crippen LogP contribution is 2.22. The van der Waals surface area contributed by atoms with E-state index in [4.69, 9.17) is 0 Å². The summed E-state index contributed by atoms with van der Waals surface area (Å²) >= 11 is 0. The second-order valence-corrected chi connectivity index (χ2v) is 5.73. The van der Waals surface area contributed by atoms with Crippen LogP contribution in [0.5, 0.6) is 0 Å². The topological polar surface area (TPSA) is 44.5 Å². The van der Waals surface area contributed by atoms with E-state index in [2.05, 4.69) is 27.9 Å². The van der Waals surface area contributed by atoms with Crippen molar-refractivity contribution in [2.75, 3.05) is 26.2 Å². The highest BCUT2D eigenvalue weighted by molar-refractivity contribution is 5.01. The molecular formula is C14H24N4O. The molecule has 2 atom stereocenters. The van der Waals surface area contributed by atoms with Gasteiger partial charge in [0.1, 0.15) is 0 Å². The molecule has 106 valence electrons. The van der Waals surface area contributed by atoms with Gasteiger partial charge in [0.25, 0.3) is 0 Å². The first-order valence-electron chi connectivity index (χ1n) is 7.43. The summed E-state index contributed by atoms with van der Waals surface area (Å²) in [7, 11) is 0. The Hall–Kier alpha value is -0.910. The zero-order valence-corrected chi connectivity index (χ0v) is 11.7. The van der Waals surface area contributed by atoms with Gasteiger partial charge in [-0.25, -0.2) is 0 Å². The molecule has 3 rings (SSSR count). The normalized spacial score (nSPS) is 29.4. The van der Waals surface area contributed by atoms with Gasteiger partial charge in [0, 0.05) is 38.4 Å². The molecule has 2 aliphatic heterocycles. The minimum atomic E-state index is -0.202. The predicted molar refractivity (Wildman–Crippen MR) is 73.8 cm³/mol. The Morgan fingerprint density at radius 2 is 2.11 bits per heavy atom. The van der Waals surface area contributed by atoms with Gasteiger partial charge in [-0.2, -0.15) is 5.10 Å². The van der Waals surface area contributed by atoms with Crippen LogP contribution in [-0.4, -0.2) is 63.0 Å². The van der Waals surface area contributed by atoms with Crippen molar-refractivity contribution in [3.8, 4) is 0 Å². The molecule has 2 fully saturated rings. The molecule has 19 heavy (non-hydrogen) atoms. The van der Waals surface area contributed by atoms with Gasteiger partial charge < -0.3 is 5.11 Å². The van der Waals surface area contributed by atoms with Gasteiger partial charge in [0.05, 0.1) is 11.8 Å². The van der Waals surface area contributed by atoms with E-state index in [0.717, 1.165) is 45.0 Å². The Morgan fingerprint density at radius 3 is 2.79 bits per heavy atom. The van der Waals surface area contributed by atoms with E-state index in [-0.39, 0.29) is 6.10 Å². The number of hydrogen-bond donors (Lipinski definition) is 1. The third-order valence-corrected chi connectivity index (χ3v) is 4.35. The Morgan fingerprint density at radius 1 is 1.32 bits per heavy atom. The highest BCUT2D eigenvalue weighted by Gasteiger charge is 2.36. The number of aliphatic hydroxyl groups excluding tert-OH is 1. The summed E-state index contributed by atoms with van der Waals surface area (Å²) in [4.78, 5) is 4.78. The lowest BCUT2D eigenvalue weighted by Crippen LogP contribution is -2.41. The van der Waals surface area contributed by atoms with E-state index in [1.165, 1.54) is 12.8 Å². The molecule has 2 aliphatic rings. The SMILES string of the molecule is CCn1ccc(CN2C[C@H](O)[C@@H](N3CCCC3)C2)n1. The van der Waals surface area contributed by atoms with Crippen molar-refractivity contribution < 1.29 is 5.11 Å². The fraction of sp³-hybridized carbons (Fsp3) is 0.786. The third-order valence-electron chi connectivity index (χ3n) is 4.35. The first-order chi connectivity index (χ1) is 9.26. The molecule has 0 spiro atoms. The molecule has 1 N–H and O–H groups in total. The number of aryl methyl sites for hydroxylation is 1. The van der Waals surface area contributed by atoms with Crippen molar-refractivity contribution in [1.29, 1.82) is 0 Å². The zero-order chi connectivity index (χ0) is 13.2. The van der Waals surface area contributed by atoms with E-state index in [0.29, 0.717) is 6.04 Å². The fourth-order valence-electron chi connectivity index (χ4n) is 3.30. The van der Waals surface area contributed by atoms with Gasteiger partial charge in [-0.1, -0.05) is 0 Å².